The molecule has 0 spiro atoms. The van der Waals surface area contributed by atoms with Gasteiger partial charge in [0, 0.05) is 18.5 Å². The van der Waals surface area contributed by atoms with Gasteiger partial charge in [0.2, 0.25) is 5.91 Å². The number of carbonyl (C=O) groups is 2. The summed E-state index contributed by atoms with van der Waals surface area (Å²) < 4.78 is 0. The molecule has 92 valence electrons. The Bertz CT molecular complexity index is 262. The van der Waals surface area contributed by atoms with Crippen LogP contribution in [0.5, 0.6) is 0 Å². The highest BCUT2D eigenvalue weighted by atomic mass is 16.4. The second kappa shape index (κ2) is 8.91. The summed E-state index contributed by atoms with van der Waals surface area (Å²) in [5, 5.41) is 11.8. The molecular formula is C11H20N2O3. The molecule has 0 bridgehead atoms. The maximum absolute atomic E-state index is 10.6. The molecule has 0 fully saturated rings. The van der Waals surface area contributed by atoms with Gasteiger partial charge in [-0.1, -0.05) is 13.0 Å². The number of nitrogens with two attached hydrogens (primary N) is 1. The van der Waals surface area contributed by atoms with Crippen molar-refractivity contribution in [3.63, 3.8) is 0 Å². The van der Waals surface area contributed by atoms with Crippen LogP contribution in [0.2, 0.25) is 0 Å². The van der Waals surface area contributed by atoms with E-state index in [4.69, 9.17) is 10.8 Å². The van der Waals surface area contributed by atoms with Gasteiger partial charge in [-0.05, 0) is 25.8 Å². The monoisotopic (exact) mass is 228 g/mol. The van der Waals surface area contributed by atoms with Crippen molar-refractivity contribution in [1.82, 2.24) is 5.32 Å². The Morgan fingerprint density at radius 2 is 2.06 bits per heavy atom. The van der Waals surface area contributed by atoms with Crippen molar-refractivity contribution in [2.75, 3.05) is 13.1 Å². The molecule has 0 aromatic rings. The molecule has 0 aliphatic rings. The Hall–Kier alpha value is -1.36. The van der Waals surface area contributed by atoms with Crippen LogP contribution in [0, 0.1) is 0 Å². The fourth-order valence-electron chi connectivity index (χ4n) is 1.23. The van der Waals surface area contributed by atoms with E-state index < -0.39 is 5.97 Å². The van der Waals surface area contributed by atoms with E-state index in [1.807, 2.05) is 6.92 Å². The Labute approximate surface area is 95.7 Å². The van der Waals surface area contributed by atoms with Crippen molar-refractivity contribution in [1.29, 1.82) is 0 Å². The predicted octanol–water partition coefficient (Wildman–Crippen LogP) is 0.653. The van der Waals surface area contributed by atoms with Crippen molar-refractivity contribution >= 4 is 11.9 Å². The summed E-state index contributed by atoms with van der Waals surface area (Å²) in [7, 11) is 0. The summed E-state index contributed by atoms with van der Waals surface area (Å²) in [5.74, 6) is -1.14. The fourth-order valence-corrected chi connectivity index (χ4v) is 1.23. The fraction of sp³-hybridized carbons (Fsp3) is 0.636. The second-order valence-corrected chi connectivity index (χ2v) is 3.52. The number of nitrogens with one attached hydrogen (secondary N) is 1. The highest BCUT2D eigenvalue weighted by molar-refractivity contribution is 5.86. The largest absolute Gasteiger partial charge is 0.478 e. The van der Waals surface area contributed by atoms with Gasteiger partial charge >= 0.3 is 5.97 Å². The summed E-state index contributed by atoms with van der Waals surface area (Å²) in [6, 6.07) is 0. The van der Waals surface area contributed by atoms with Gasteiger partial charge in [-0.2, -0.15) is 0 Å². The summed E-state index contributed by atoms with van der Waals surface area (Å²) in [6.07, 6.45) is 4.25. The van der Waals surface area contributed by atoms with Gasteiger partial charge < -0.3 is 16.2 Å². The summed E-state index contributed by atoms with van der Waals surface area (Å²) in [4.78, 5) is 21.0. The molecule has 0 aromatic heterocycles. The van der Waals surface area contributed by atoms with Crippen LogP contribution in [-0.4, -0.2) is 30.1 Å². The number of unbranched alkanes of at least 4 members (excludes halogenated alkanes) is 1. The first-order valence-corrected chi connectivity index (χ1v) is 5.49. The lowest BCUT2D eigenvalue weighted by molar-refractivity contribution is -0.132. The van der Waals surface area contributed by atoms with Crippen LogP contribution >= 0.6 is 0 Å². The highest BCUT2D eigenvalue weighted by Gasteiger charge is 2.02. The van der Waals surface area contributed by atoms with Gasteiger partial charge in [0.05, 0.1) is 0 Å². The van der Waals surface area contributed by atoms with E-state index in [-0.39, 0.29) is 5.91 Å². The number of aliphatic carboxylic acids is 1. The minimum atomic E-state index is -0.863. The van der Waals surface area contributed by atoms with Crippen LogP contribution in [0.3, 0.4) is 0 Å². The highest BCUT2D eigenvalue weighted by Crippen LogP contribution is 1.99. The molecule has 0 aromatic carbocycles. The molecule has 0 radical (unpaired) electrons. The van der Waals surface area contributed by atoms with Gasteiger partial charge in [0.25, 0.3) is 0 Å². The maximum Gasteiger partial charge on any atom is 0.331 e. The van der Waals surface area contributed by atoms with Crippen molar-refractivity contribution < 1.29 is 14.7 Å². The van der Waals surface area contributed by atoms with Crippen LogP contribution in [0.25, 0.3) is 0 Å². The summed E-state index contributed by atoms with van der Waals surface area (Å²) in [5.41, 5.74) is 5.41. The lowest BCUT2D eigenvalue weighted by Crippen LogP contribution is -2.17. The average molecular weight is 228 g/mol. The molecule has 1 amide bonds. The van der Waals surface area contributed by atoms with E-state index >= 15 is 0 Å². The molecule has 4 N–H and O–H groups in total. The standard InChI is InChI=1S/C11H20N2O3/c1-2-9(11(15)16)6-8-13-7-4-3-5-10(12)14/h6,13H,2-5,7-8H2,1H3,(H2,12,14)(H,15,16). The first-order chi connectivity index (χ1) is 7.57. The van der Waals surface area contributed by atoms with Gasteiger partial charge in [-0.25, -0.2) is 4.79 Å². The van der Waals surface area contributed by atoms with Gasteiger partial charge in [0.15, 0.2) is 0 Å². The smallest absolute Gasteiger partial charge is 0.331 e. The van der Waals surface area contributed by atoms with Gasteiger partial charge in [0.1, 0.15) is 0 Å². The van der Waals surface area contributed by atoms with Crippen LogP contribution in [0.15, 0.2) is 11.6 Å². The van der Waals surface area contributed by atoms with E-state index in [1.54, 1.807) is 6.08 Å². The first-order valence-electron chi connectivity index (χ1n) is 5.49. The normalized spacial score (nSPS) is 11.4. The zero-order valence-electron chi connectivity index (χ0n) is 9.66. The quantitative estimate of drug-likeness (QED) is 0.399. The number of hydrogen-bond acceptors (Lipinski definition) is 3. The van der Waals surface area contributed by atoms with Gasteiger partial charge in [-0.15, -0.1) is 0 Å². The van der Waals surface area contributed by atoms with Crippen molar-refractivity contribution in [3.05, 3.63) is 11.6 Å². The van der Waals surface area contributed by atoms with Crippen molar-refractivity contribution in [2.24, 2.45) is 5.73 Å². The molecule has 0 saturated heterocycles. The predicted molar refractivity (Wildman–Crippen MR) is 61.9 cm³/mol. The maximum atomic E-state index is 10.6. The van der Waals surface area contributed by atoms with Gasteiger partial charge in [-0.3, -0.25) is 4.79 Å². The molecule has 5 nitrogen and oxygen atoms in total. The number of carbonyl (C=O) groups excluding carboxylic acids is 1. The number of carboxylic acids is 1. The van der Waals surface area contributed by atoms with Crippen LogP contribution in [0.1, 0.15) is 32.6 Å². The van der Waals surface area contributed by atoms with E-state index in [0.29, 0.717) is 25.0 Å². The minimum Gasteiger partial charge on any atom is -0.478 e. The molecular weight excluding hydrogens is 208 g/mol. The Kier molecular flexibility index (Phi) is 8.15. The first kappa shape index (κ1) is 14.6. The molecule has 0 unspecified atom stereocenters. The Balaban J connectivity index is 3.52. The molecule has 0 aliphatic heterocycles. The van der Waals surface area contributed by atoms with E-state index in [0.717, 1.165) is 19.4 Å². The van der Waals surface area contributed by atoms with Crippen molar-refractivity contribution in [2.45, 2.75) is 32.6 Å². The number of rotatable bonds is 9. The second-order valence-electron chi connectivity index (χ2n) is 3.52. The summed E-state index contributed by atoms with van der Waals surface area (Å²) in [6.45, 7) is 3.12. The zero-order chi connectivity index (χ0) is 12.4. The average Bonchev–Trinajstić information content (AvgIpc) is 2.21. The molecule has 5 heteroatoms. The Morgan fingerprint density at radius 1 is 1.38 bits per heavy atom. The minimum absolute atomic E-state index is 0.279. The molecule has 16 heavy (non-hydrogen) atoms. The molecule has 0 rings (SSSR count). The molecule has 0 saturated carbocycles. The third-order valence-electron chi connectivity index (χ3n) is 2.18. The van der Waals surface area contributed by atoms with E-state index in [2.05, 4.69) is 5.32 Å². The summed E-state index contributed by atoms with van der Waals surface area (Å²) >= 11 is 0. The Morgan fingerprint density at radius 3 is 2.56 bits per heavy atom. The third-order valence-corrected chi connectivity index (χ3v) is 2.18. The van der Waals surface area contributed by atoms with Crippen LogP contribution in [-0.2, 0) is 9.59 Å². The number of amides is 1. The number of hydrogen-bond donors (Lipinski definition) is 3. The zero-order valence-corrected chi connectivity index (χ0v) is 9.66. The number of primary amides is 1. The lowest BCUT2D eigenvalue weighted by atomic mass is 10.2. The van der Waals surface area contributed by atoms with Crippen LogP contribution in [0.4, 0.5) is 0 Å². The number of carboxylic acid groups (broad SMARTS) is 1. The topological polar surface area (TPSA) is 92.4 Å². The van der Waals surface area contributed by atoms with E-state index in [9.17, 15) is 9.59 Å². The third kappa shape index (κ3) is 7.99. The molecule has 0 atom stereocenters. The molecule has 0 aliphatic carbocycles. The van der Waals surface area contributed by atoms with Crippen molar-refractivity contribution in [3.8, 4) is 0 Å². The molecule has 0 heterocycles. The van der Waals surface area contributed by atoms with Crippen LogP contribution < -0.4 is 11.1 Å². The SMILES string of the molecule is CCC(=CCNCCCCC(N)=O)C(=O)O. The lowest BCUT2D eigenvalue weighted by Gasteiger charge is -2.02. The van der Waals surface area contributed by atoms with E-state index in [1.165, 1.54) is 0 Å².